The van der Waals surface area contributed by atoms with Crippen LogP contribution in [0.3, 0.4) is 0 Å². The van der Waals surface area contributed by atoms with E-state index in [9.17, 15) is 12.8 Å². The van der Waals surface area contributed by atoms with Crippen LogP contribution in [-0.2, 0) is 16.4 Å². The minimum absolute atomic E-state index is 0.0251. The van der Waals surface area contributed by atoms with E-state index in [0.717, 1.165) is 5.69 Å². The topological polar surface area (TPSA) is 79.0 Å². The van der Waals surface area contributed by atoms with Crippen molar-refractivity contribution in [2.24, 2.45) is 0 Å². The van der Waals surface area contributed by atoms with E-state index in [4.69, 9.17) is 11.6 Å². The molecule has 0 saturated carbocycles. The number of pyridine rings is 1. The van der Waals surface area contributed by atoms with Gasteiger partial charge >= 0.3 is 0 Å². The summed E-state index contributed by atoms with van der Waals surface area (Å²) in [6.07, 6.45) is 3.20. The zero-order valence-corrected chi connectivity index (χ0v) is 14.8. The number of aromatic nitrogens is 3. The van der Waals surface area contributed by atoms with Gasteiger partial charge in [0.2, 0.25) is 10.0 Å². The van der Waals surface area contributed by atoms with Crippen molar-refractivity contribution in [2.45, 2.75) is 23.4 Å². The molecule has 1 N–H and O–H groups in total. The predicted molar refractivity (Wildman–Crippen MR) is 91.5 cm³/mol. The molecule has 0 aliphatic carbocycles. The Kier molecular flexibility index (Phi) is 3.28. The Hall–Kier alpha value is -2.29. The Morgan fingerprint density at radius 3 is 2.81 bits per heavy atom. The van der Waals surface area contributed by atoms with E-state index < -0.39 is 27.9 Å². The minimum atomic E-state index is -3.92. The van der Waals surface area contributed by atoms with E-state index in [1.54, 1.807) is 18.3 Å². The lowest BCUT2D eigenvalue weighted by atomic mass is 10.00. The van der Waals surface area contributed by atoms with E-state index in [0.29, 0.717) is 23.1 Å². The maximum absolute atomic E-state index is 14.7. The zero-order valence-electron chi connectivity index (χ0n) is 13.2. The summed E-state index contributed by atoms with van der Waals surface area (Å²) in [4.78, 5) is 3.90. The first kappa shape index (κ1) is 15.9. The highest BCUT2D eigenvalue weighted by Gasteiger charge is 2.52. The molecule has 2 atom stereocenters. The highest BCUT2D eigenvalue weighted by Crippen LogP contribution is 2.54. The van der Waals surface area contributed by atoms with E-state index >= 15 is 0 Å². The molecule has 2 unspecified atom stereocenters. The number of hydrogen-bond acceptors (Lipinski definition) is 4. The number of aromatic amines is 1. The number of rotatable bonds is 2. The fourth-order valence-electron chi connectivity index (χ4n) is 3.93. The van der Waals surface area contributed by atoms with E-state index in [-0.39, 0.29) is 10.0 Å². The highest BCUT2D eigenvalue weighted by atomic mass is 35.5. The van der Waals surface area contributed by atoms with Gasteiger partial charge < -0.3 is 0 Å². The van der Waals surface area contributed by atoms with Crippen LogP contribution in [-0.4, -0.2) is 27.9 Å². The van der Waals surface area contributed by atoms with Crippen molar-refractivity contribution in [3.05, 3.63) is 76.1 Å². The Balaban J connectivity index is 1.74. The van der Waals surface area contributed by atoms with Crippen LogP contribution in [0, 0.1) is 5.82 Å². The first-order valence-corrected chi connectivity index (χ1v) is 9.76. The van der Waals surface area contributed by atoms with E-state index in [2.05, 4.69) is 15.2 Å². The second-order valence-corrected chi connectivity index (χ2v) is 8.55. The van der Waals surface area contributed by atoms with Gasteiger partial charge in [-0.15, -0.1) is 0 Å². The van der Waals surface area contributed by atoms with Gasteiger partial charge in [0.1, 0.15) is 15.9 Å². The fourth-order valence-corrected chi connectivity index (χ4v) is 5.73. The average Bonchev–Trinajstić information content (AvgIpc) is 3.18. The maximum atomic E-state index is 14.7. The smallest absolute Gasteiger partial charge is 0.246 e. The van der Waals surface area contributed by atoms with Gasteiger partial charge in [-0.25, -0.2) is 17.8 Å². The summed E-state index contributed by atoms with van der Waals surface area (Å²) in [6.45, 7) is 0. The summed E-state index contributed by atoms with van der Waals surface area (Å²) in [7, 11) is -3.92. The Bertz CT molecular complexity index is 1130. The van der Waals surface area contributed by atoms with Gasteiger partial charge in [-0.3, -0.25) is 5.10 Å². The quantitative estimate of drug-likeness (QED) is 0.682. The van der Waals surface area contributed by atoms with Crippen molar-refractivity contribution in [1.82, 2.24) is 19.5 Å². The molecule has 26 heavy (non-hydrogen) atoms. The Labute approximate surface area is 153 Å². The molecule has 1 aromatic carbocycles. The highest BCUT2D eigenvalue weighted by molar-refractivity contribution is 7.89. The van der Waals surface area contributed by atoms with Gasteiger partial charge in [-0.05, 0) is 23.8 Å². The normalized spacial score (nSPS) is 21.5. The van der Waals surface area contributed by atoms with Gasteiger partial charge in [-0.2, -0.15) is 9.40 Å². The van der Waals surface area contributed by atoms with Crippen LogP contribution in [0.2, 0.25) is 5.15 Å². The SMILES string of the molecule is O=S(=O)(c1ccc(Cl)nc1)N1C2Cc3[nH]ncc3C1c1c(F)cccc12. The van der Waals surface area contributed by atoms with E-state index in [1.807, 2.05) is 0 Å². The van der Waals surface area contributed by atoms with Gasteiger partial charge in [0, 0.05) is 29.4 Å². The van der Waals surface area contributed by atoms with Gasteiger partial charge in [0.15, 0.2) is 0 Å². The lowest BCUT2D eigenvalue weighted by Crippen LogP contribution is -2.37. The van der Waals surface area contributed by atoms with Crippen LogP contribution in [0.5, 0.6) is 0 Å². The van der Waals surface area contributed by atoms with Crippen LogP contribution in [0.25, 0.3) is 0 Å². The van der Waals surface area contributed by atoms with Crippen LogP contribution in [0.15, 0.2) is 47.6 Å². The average molecular weight is 391 g/mol. The molecule has 0 spiro atoms. The Morgan fingerprint density at radius 1 is 1.19 bits per heavy atom. The van der Waals surface area contributed by atoms with Crippen molar-refractivity contribution >= 4 is 21.6 Å². The molecule has 5 rings (SSSR count). The molecular formula is C17H12ClFN4O2S. The number of nitrogens with zero attached hydrogens (tertiary/aromatic N) is 3. The number of sulfonamides is 1. The third-order valence-electron chi connectivity index (χ3n) is 5.00. The molecule has 0 saturated heterocycles. The molecule has 2 aromatic heterocycles. The van der Waals surface area contributed by atoms with E-state index in [1.165, 1.54) is 28.7 Å². The summed E-state index contributed by atoms with van der Waals surface area (Å²) in [5, 5.41) is 7.14. The zero-order chi connectivity index (χ0) is 18.1. The number of fused-ring (bicyclic) bond motifs is 7. The third-order valence-corrected chi connectivity index (χ3v) is 7.08. The first-order chi connectivity index (χ1) is 12.5. The number of hydrogen-bond donors (Lipinski definition) is 1. The van der Waals surface area contributed by atoms with Crippen LogP contribution in [0.4, 0.5) is 4.39 Å². The third kappa shape index (κ3) is 2.03. The lowest BCUT2D eigenvalue weighted by molar-refractivity contribution is 0.290. The van der Waals surface area contributed by atoms with Crippen molar-refractivity contribution in [2.75, 3.05) is 0 Å². The molecule has 0 radical (unpaired) electrons. The number of H-pyrrole nitrogens is 1. The molecule has 2 bridgehead atoms. The number of nitrogens with one attached hydrogen (secondary N) is 1. The van der Waals surface area contributed by atoms with Crippen molar-refractivity contribution < 1.29 is 12.8 Å². The molecular weight excluding hydrogens is 379 g/mol. The summed E-state index contributed by atoms with van der Waals surface area (Å²) in [6, 6.07) is 6.33. The molecule has 4 heterocycles. The summed E-state index contributed by atoms with van der Waals surface area (Å²) in [5.74, 6) is -0.418. The monoisotopic (exact) mass is 390 g/mol. The van der Waals surface area contributed by atoms with Crippen molar-refractivity contribution in [1.29, 1.82) is 0 Å². The number of halogens is 2. The van der Waals surface area contributed by atoms with Crippen molar-refractivity contribution in [3.63, 3.8) is 0 Å². The summed E-state index contributed by atoms with van der Waals surface area (Å²) >= 11 is 5.78. The molecule has 9 heteroatoms. The Morgan fingerprint density at radius 2 is 2.04 bits per heavy atom. The summed E-state index contributed by atoms with van der Waals surface area (Å²) < 4.78 is 42.8. The molecule has 0 fully saturated rings. The predicted octanol–water partition coefficient (Wildman–Crippen LogP) is 2.99. The molecule has 0 amide bonds. The molecule has 2 aliphatic heterocycles. The minimum Gasteiger partial charge on any atom is -0.282 e. The standard InChI is InChI=1S/C17H12ClFN4O2S/c18-15-5-4-9(7-20-15)26(24,25)23-14-6-13-11(8-21-22-13)17(23)16-10(14)2-1-3-12(16)19/h1-5,7-8,14,17H,6H2,(H,21,22). The number of benzene rings is 1. The van der Waals surface area contributed by atoms with Crippen LogP contribution in [0.1, 0.15) is 34.5 Å². The molecule has 3 aromatic rings. The second-order valence-electron chi connectivity index (χ2n) is 6.32. The van der Waals surface area contributed by atoms with Gasteiger partial charge in [0.05, 0.1) is 18.3 Å². The van der Waals surface area contributed by atoms with Crippen molar-refractivity contribution in [3.8, 4) is 0 Å². The molecule has 132 valence electrons. The second kappa shape index (κ2) is 5.35. The van der Waals surface area contributed by atoms with Crippen LogP contribution < -0.4 is 0 Å². The molecule has 6 nitrogen and oxygen atoms in total. The summed E-state index contributed by atoms with van der Waals surface area (Å²) in [5.41, 5.74) is 2.58. The van der Waals surface area contributed by atoms with Gasteiger partial charge in [0.25, 0.3) is 0 Å². The lowest BCUT2D eigenvalue weighted by Gasteiger charge is -2.33. The fraction of sp³-hybridized carbons (Fsp3) is 0.176. The van der Waals surface area contributed by atoms with Gasteiger partial charge in [-0.1, -0.05) is 23.7 Å². The van der Waals surface area contributed by atoms with Crippen LogP contribution >= 0.6 is 11.6 Å². The first-order valence-electron chi connectivity index (χ1n) is 7.94. The largest absolute Gasteiger partial charge is 0.282 e. The maximum Gasteiger partial charge on any atom is 0.246 e. The molecule has 2 aliphatic rings.